The highest BCUT2D eigenvalue weighted by atomic mass is 16.6. The van der Waals surface area contributed by atoms with Gasteiger partial charge in [0.15, 0.2) is 0 Å². The van der Waals surface area contributed by atoms with Gasteiger partial charge in [-0.1, -0.05) is 44.7 Å². The molecule has 6 heteroatoms. The summed E-state index contributed by atoms with van der Waals surface area (Å²) >= 11 is 0. The van der Waals surface area contributed by atoms with E-state index in [-0.39, 0.29) is 6.10 Å². The van der Waals surface area contributed by atoms with Gasteiger partial charge in [-0.15, -0.1) is 0 Å². The fourth-order valence-corrected chi connectivity index (χ4v) is 4.91. The van der Waals surface area contributed by atoms with Crippen LogP contribution in [0, 0.1) is 0 Å². The lowest BCUT2D eigenvalue weighted by atomic mass is 10.0. The minimum absolute atomic E-state index is 0.164. The molecule has 2 fully saturated rings. The van der Waals surface area contributed by atoms with Crippen molar-refractivity contribution in [2.75, 3.05) is 38.1 Å². The Morgan fingerprint density at radius 2 is 1.84 bits per heavy atom. The lowest BCUT2D eigenvalue weighted by Crippen LogP contribution is -2.54. The van der Waals surface area contributed by atoms with Gasteiger partial charge >= 0.3 is 6.09 Å². The van der Waals surface area contributed by atoms with Crippen LogP contribution in [0.25, 0.3) is 0 Å². The van der Waals surface area contributed by atoms with E-state index in [2.05, 4.69) is 22.0 Å². The topological polar surface area (TPSA) is 54.0 Å². The van der Waals surface area contributed by atoms with E-state index in [0.29, 0.717) is 24.2 Å². The maximum Gasteiger partial charge on any atom is 0.412 e. The van der Waals surface area contributed by atoms with Gasteiger partial charge in [0.05, 0.1) is 18.5 Å². The zero-order chi connectivity index (χ0) is 22.6. The summed E-state index contributed by atoms with van der Waals surface area (Å²) in [5.74, 6) is 0.704. The molecule has 2 aliphatic heterocycles. The fourth-order valence-electron chi connectivity index (χ4n) is 4.91. The molecule has 2 heterocycles. The molecule has 180 valence electrons. The van der Waals surface area contributed by atoms with Gasteiger partial charge in [-0.3, -0.25) is 15.1 Å². The van der Waals surface area contributed by atoms with Crippen molar-refractivity contribution in [1.29, 1.82) is 0 Å². The van der Waals surface area contributed by atoms with Crippen molar-refractivity contribution in [3.63, 3.8) is 0 Å². The highest BCUT2D eigenvalue weighted by molar-refractivity contribution is 5.86. The number of rotatable bonds is 11. The summed E-state index contributed by atoms with van der Waals surface area (Å²) in [5.41, 5.74) is 0.671. The zero-order valence-electron chi connectivity index (χ0n) is 20.2. The number of piperidine rings is 2. The molecule has 0 aliphatic carbocycles. The first-order chi connectivity index (χ1) is 15.7. The van der Waals surface area contributed by atoms with Gasteiger partial charge in [0.2, 0.25) is 0 Å². The average molecular weight is 446 g/mol. The molecular formula is C26H43N3O3. The number of nitrogens with zero attached hydrogens (tertiary/aromatic N) is 2. The van der Waals surface area contributed by atoms with Gasteiger partial charge in [0, 0.05) is 6.54 Å². The third kappa shape index (κ3) is 7.96. The standard InChI is InChI=1S/C26H43N3O3/c1-3-4-5-13-20-31-24-15-8-7-14-23(24)27-26(30)32-22(2)21-29-19-12-9-16-25(29)28-17-10-6-11-18-28/h7-8,14-15,22,25H,3-6,9-13,16-21H2,1-2H3,(H,27,30). The number of benzene rings is 1. The number of carbonyl (C=O) groups is 1. The Kier molecular flexibility index (Phi) is 10.6. The van der Waals surface area contributed by atoms with E-state index in [9.17, 15) is 4.79 Å². The van der Waals surface area contributed by atoms with E-state index in [0.717, 1.165) is 19.5 Å². The summed E-state index contributed by atoms with van der Waals surface area (Å²) in [7, 11) is 0. The SMILES string of the molecule is CCCCCCOc1ccccc1NC(=O)OC(C)CN1CCCCC1N1CCCCC1. The van der Waals surface area contributed by atoms with E-state index < -0.39 is 6.09 Å². The van der Waals surface area contributed by atoms with Crippen LogP contribution in [0.15, 0.2) is 24.3 Å². The summed E-state index contributed by atoms with van der Waals surface area (Å²) in [5, 5.41) is 2.89. The van der Waals surface area contributed by atoms with Crippen LogP contribution in [0.1, 0.15) is 78.1 Å². The van der Waals surface area contributed by atoms with Crippen LogP contribution in [0.2, 0.25) is 0 Å². The van der Waals surface area contributed by atoms with Gasteiger partial charge < -0.3 is 9.47 Å². The first kappa shape index (κ1) is 24.8. The molecule has 32 heavy (non-hydrogen) atoms. The summed E-state index contributed by atoms with van der Waals surface area (Å²) in [4.78, 5) is 17.8. The number of likely N-dealkylation sites (tertiary alicyclic amines) is 2. The number of para-hydroxylation sites is 2. The third-order valence-electron chi connectivity index (χ3n) is 6.57. The van der Waals surface area contributed by atoms with Crippen molar-refractivity contribution >= 4 is 11.8 Å². The smallest absolute Gasteiger partial charge is 0.412 e. The normalized spacial score (nSPS) is 21.1. The van der Waals surface area contributed by atoms with E-state index in [1.54, 1.807) is 0 Å². The predicted octanol–water partition coefficient (Wildman–Crippen LogP) is 5.88. The highest BCUT2D eigenvalue weighted by Crippen LogP contribution is 2.26. The van der Waals surface area contributed by atoms with Gasteiger partial charge in [0.1, 0.15) is 11.9 Å². The molecule has 2 aliphatic rings. The summed E-state index contributed by atoms with van der Waals surface area (Å²) in [6.07, 6.45) is 12.3. The van der Waals surface area contributed by atoms with E-state index in [4.69, 9.17) is 9.47 Å². The Morgan fingerprint density at radius 1 is 1.06 bits per heavy atom. The van der Waals surface area contributed by atoms with E-state index in [1.807, 2.05) is 31.2 Å². The number of hydrogen-bond acceptors (Lipinski definition) is 5. The number of nitrogens with one attached hydrogen (secondary N) is 1. The van der Waals surface area contributed by atoms with Crippen molar-refractivity contribution < 1.29 is 14.3 Å². The molecule has 2 unspecified atom stereocenters. The summed E-state index contributed by atoms with van der Waals surface area (Å²) in [6, 6.07) is 7.59. The number of unbranched alkanes of at least 4 members (excludes halogenated alkanes) is 3. The van der Waals surface area contributed by atoms with Crippen molar-refractivity contribution in [3.8, 4) is 5.75 Å². The van der Waals surface area contributed by atoms with Crippen LogP contribution in [0.5, 0.6) is 5.75 Å². The Balaban J connectivity index is 1.47. The number of hydrogen-bond donors (Lipinski definition) is 1. The molecule has 3 rings (SSSR count). The maximum atomic E-state index is 12.6. The molecule has 0 aromatic heterocycles. The molecule has 2 atom stereocenters. The van der Waals surface area contributed by atoms with Gasteiger partial charge in [-0.2, -0.15) is 0 Å². The van der Waals surface area contributed by atoms with Crippen LogP contribution < -0.4 is 10.1 Å². The zero-order valence-corrected chi connectivity index (χ0v) is 20.2. The molecule has 2 saturated heterocycles. The molecule has 1 aromatic rings. The fraction of sp³-hybridized carbons (Fsp3) is 0.731. The summed E-state index contributed by atoms with van der Waals surface area (Å²) < 4.78 is 11.6. The first-order valence-electron chi connectivity index (χ1n) is 12.8. The molecule has 1 N–H and O–H groups in total. The average Bonchev–Trinajstić information content (AvgIpc) is 2.81. The first-order valence-corrected chi connectivity index (χ1v) is 12.8. The molecule has 0 bridgehead atoms. The van der Waals surface area contributed by atoms with Crippen molar-refractivity contribution in [2.24, 2.45) is 0 Å². The maximum absolute atomic E-state index is 12.6. The van der Waals surface area contributed by atoms with Gasteiger partial charge in [-0.25, -0.2) is 4.79 Å². The molecule has 1 amide bonds. The molecule has 0 radical (unpaired) electrons. The molecule has 0 spiro atoms. The number of carbonyl (C=O) groups excluding carboxylic acids is 1. The quantitative estimate of drug-likeness (QED) is 0.431. The third-order valence-corrected chi connectivity index (χ3v) is 6.57. The highest BCUT2D eigenvalue weighted by Gasteiger charge is 2.30. The monoisotopic (exact) mass is 445 g/mol. The minimum Gasteiger partial charge on any atom is -0.491 e. The van der Waals surface area contributed by atoms with E-state index in [1.165, 1.54) is 70.9 Å². The summed E-state index contributed by atoms with van der Waals surface area (Å²) in [6.45, 7) is 9.13. The van der Waals surface area contributed by atoms with Gasteiger partial charge in [0.25, 0.3) is 0 Å². The molecule has 0 saturated carbocycles. The van der Waals surface area contributed by atoms with E-state index >= 15 is 0 Å². The number of anilines is 1. The van der Waals surface area contributed by atoms with Crippen LogP contribution in [-0.4, -0.2) is 60.9 Å². The van der Waals surface area contributed by atoms with Crippen LogP contribution >= 0.6 is 0 Å². The van der Waals surface area contributed by atoms with Crippen molar-refractivity contribution in [1.82, 2.24) is 9.80 Å². The molecule has 6 nitrogen and oxygen atoms in total. The molecule has 1 aromatic carbocycles. The molecular weight excluding hydrogens is 402 g/mol. The van der Waals surface area contributed by atoms with Crippen LogP contribution in [0.3, 0.4) is 0 Å². The lowest BCUT2D eigenvalue weighted by molar-refractivity contribution is -0.0200. The van der Waals surface area contributed by atoms with Gasteiger partial charge in [-0.05, 0) is 77.2 Å². The lowest BCUT2D eigenvalue weighted by Gasteiger charge is -2.44. The Bertz CT molecular complexity index is 678. The Morgan fingerprint density at radius 3 is 2.66 bits per heavy atom. The second-order valence-electron chi connectivity index (χ2n) is 9.31. The Labute approximate surface area is 194 Å². The number of ether oxygens (including phenoxy) is 2. The number of amides is 1. The van der Waals surface area contributed by atoms with Crippen molar-refractivity contribution in [3.05, 3.63) is 24.3 Å². The van der Waals surface area contributed by atoms with Crippen molar-refractivity contribution in [2.45, 2.75) is 90.3 Å². The largest absolute Gasteiger partial charge is 0.491 e. The Hall–Kier alpha value is -1.79. The second-order valence-corrected chi connectivity index (χ2v) is 9.31. The predicted molar refractivity (Wildman–Crippen MR) is 130 cm³/mol. The second kappa shape index (κ2) is 13.7. The van der Waals surface area contributed by atoms with Crippen LogP contribution in [0.4, 0.5) is 10.5 Å². The van der Waals surface area contributed by atoms with Crippen LogP contribution in [-0.2, 0) is 4.74 Å². The minimum atomic E-state index is -0.411.